The van der Waals surface area contributed by atoms with E-state index in [0.29, 0.717) is 5.82 Å². The number of anilines is 3. The second-order valence-corrected chi connectivity index (χ2v) is 5.10. The summed E-state index contributed by atoms with van der Waals surface area (Å²) in [6.07, 6.45) is 3.88. The number of aromatic carboxylic acids is 1. The van der Waals surface area contributed by atoms with Crippen molar-refractivity contribution >= 4 is 23.2 Å². The van der Waals surface area contributed by atoms with Gasteiger partial charge in [0.05, 0.1) is 5.56 Å². The van der Waals surface area contributed by atoms with E-state index in [1.165, 1.54) is 30.8 Å². The summed E-state index contributed by atoms with van der Waals surface area (Å²) in [5.74, 6) is -0.335. The summed E-state index contributed by atoms with van der Waals surface area (Å²) in [6, 6.07) is 11.4. The SMILES string of the molecule is O=C(O)c1ccc(Nc2ccc(N3CCCC3)cc2)nc1. The van der Waals surface area contributed by atoms with Gasteiger partial charge in [0, 0.05) is 30.7 Å². The molecule has 0 aliphatic carbocycles. The monoisotopic (exact) mass is 283 g/mol. The van der Waals surface area contributed by atoms with Crippen LogP contribution in [-0.4, -0.2) is 29.1 Å². The predicted molar refractivity (Wildman–Crippen MR) is 82.4 cm³/mol. The Morgan fingerprint density at radius 2 is 1.81 bits per heavy atom. The van der Waals surface area contributed by atoms with Gasteiger partial charge in [0.15, 0.2) is 0 Å². The first-order valence-electron chi connectivity index (χ1n) is 7.04. The highest BCUT2D eigenvalue weighted by atomic mass is 16.4. The van der Waals surface area contributed by atoms with Gasteiger partial charge in [-0.15, -0.1) is 0 Å². The van der Waals surface area contributed by atoms with Crippen LogP contribution in [0.15, 0.2) is 42.6 Å². The molecule has 2 aromatic rings. The molecule has 1 fully saturated rings. The highest BCUT2D eigenvalue weighted by Gasteiger charge is 2.11. The fourth-order valence-electron chi connectivity index (χ4n) is 2.47. The molecule has 1 aromatic carbocycles. The van der Waals surface area contributed by atoms with Crippen LogP contribution in [0.25, 0.3) is 0 Å². The van der Waals surface area contributed by atoms with Crippen molar-refractivity contribution < 1.29 is 9.90 Å². The Morgan fingerprint density at radius 1 is 1.10 bits per heavy atom. The van der Waals surface area contributed by atoms with E-state index in [1.54, 1.807) is 6.07 Å². The third-order valence-electron chi connectivity index (χ3n) is 3.62. The van der Waals surface area contributed by atoms with Crippen LogP contribution in [0.2, 0.25) is 0 Å². The zero-order valence-electron chi connectivity index (χ0n) is 11.6. The molecule has 2 N–H and O–H groups in total. The minimum Gasteiger partial charge on any atom is -0.478 e. The van der Waals surface area contributed by atoms with Gasteiger partial charge in [-0.2, -0.15) is 0 Å². The molecule has 0 saturated carbocycles. The van der Waals surface area contributed by atoms with E-state index in [9.17, 15) is 4.79 Å². The maximum atomic E-state index is 10.8. The van der Waals surface area contributed by atoms with Gasteiger partial charge in [-0.05, 0) is 49.2 Å². The molecule has 2 heterocycles. The molecule has 0 unspecified atom stereocenters. The maximum Gasteiger partial charge on any atom is 0.337 e. The molecule has 0 bridgehead atoms. The summed E-state index contributed by atoms with van der Waals surface area (Å²) in [5, 5.41) is 12.0. The smallest absolute Gasteiger partial charge is 0.337 e. The van der Waals surface area contributed by atoms with Crippen molar-refractivity contribution in [1.82, 2.24) is 4.98 Å². The summed E-state index contributed by atoms with van der Waals surface area (Å²) in [5.41, 5.74) is 2.37. The van der Waals surface area contributed by atoms with E-state index in [4.69, 9.17) is 5.11 Å². The van der Waals surface area contributed by atoms with Crippen LogP contribution < -0.4 is 10.2 Å². The standard InChI is InChI=1S/C16H17N3O2/c20-16(21)12-3-8-15(17-11-12)18-13-4-6-14(7-5-13)19-9-1-2-10-19/h3-8,11H,1-2,9-10H2,(H,17,18)(H,20,21). The van der Waals surface area contributed by atoms with E-state index < -0.39 is 5.97 Å². The number of aromatic nitrogens is 1. The zero-order chi connectivity index (χ0) is 14.7. The van der Waals surface area contributed by atoms with E-state index in [1.807, 2.05) is 12.1 Å². The number of carboxylic acid groups (broad SMARTS) is 1. The van der Waals surface area contributed by atoms with Gasteiger partial charge >= 0.3 is 5.97 Å². The van der Waals surface area contributed by atoms with Crippen molar-refractivity contribution in [3.8, 4) is 0 Å². The topological polar surface area (TPSA) is 65.5 Å². The van der Waals surface area contributed by atoms with E-state index in [2.05, 4.69) is 27.3 Å². The Labute approximate surface area is 123 Å². The van der Waals surface area contributed by atoms with Crippen LogP contribution in [-0.2, 0) is 0 Å². The van der Waals surface area contributed by atoms with Crippen LogP contribution in [0, 0.1) is 0 Å². The van der Waals surface area contributed by atoms with E-state index >= 15 is 0 Å². The fourth-order valence-corrected chi connectivity index (χ4v) is 2.47. The molecule has 0 spiro atoms. The summed E-state index contributed by atoms with van der Waals surface area (Å²) in [4.78, 5) is 17.2. The summed E-state index contributed by atoms with van der Waals surface area (Å²) < 4.78 is 0. The molecule has 5 nitrogen and oxygen atoms in total. The molecule has 3 rings (SSSR count). The minimum atomic E-state index is -0.969. The van der Waals surface area contributed by atoms with Gasteiger partial charge in [0.2, 0.25) is 0 Å². The molecular formula is C16H17N3O2. The van der Waals surface area contributed by atoms with Gasteiger partial charge in [0.1, 0.15) is 5.82 Å². The zero-order valence-corrected chi connectivity index (χ0v) is 11.6. The molecule has 5 heteroatoms. The lowest BCUT2D eigenvalue weighted by molar-refractivity contribution is 0.0696. The summed E-state index contributed by atoms with van der Waals surface area (Å²) in [6.45, 7) is 2.26. The van der Waals surface area contributed by atoms with Crippen LogP contribution in [0.4, 0.5) is 17.2 Å². The number of nitrogens with one attached hydrogen (secondary N) is 1. The fraction of sp³-hybridized carbons (Fsp3) is 0.250. The van der Waals surface area contributed by atoms with Gasteiger partial charge < -0.3 is 15.3 Å². The normalized spacial score (nSPS) is 14.2. The molecule has 0 atom stereocenters. The Hall–Kier alpha value is -2.56. The first-order chi connectivity index (χ1) is 10.2. The molecule has 1 aromatic heterocycles. The second-order valence-electron chi connectivity index (χ2n) is 5.10. The van der Waals surface area contributed by atoms with Crippen molar-refractivity contribution in [3.63, 3.8) is 0 Å². The molecular weight excluding hydrogens is 266 g/mol. The number of hydrogen-bond donors (Lipinski definition) is 2. The number of carbonyl (C=O) groups is 1. The number of pyridine rings is 1. The molecule has 1 aliphatic rings. The largest absolute Gasteiger partial charge is 0.478 e. The van der Waals surface area contributed by atoms with Crippen molar-refractivity contribution in [3.05, 3.63) is 48.2 Å². The molecule has 1 saturated heterocycles. The van der Waals surface area contributed by atoms with E-state index in [-0.39, 0.29) is 5.56 Å². The van der Waals surface area contributed by atoms with Gasteiger partial charge in [-0.25, -0.2) is 9.78 Å². The highest BCUT2D eigenvalue weighted by molar-refractivity contribution is 5.87. The van der Waals surface area contributed by atoms with Crippen LogP contribution in [0.3, 0.4) is 0 Å². The minimum absolute atomic E-state index is 0.185. The van der Waals surface area contributed by atoms with Gasteiger partial charge in [-0.1, -0.05) is 0 Å². The quantitative estimate of drug-likeness (QED) is 0.902. The van der Waals surface area contributed by atoms with Crippen LogP contribution in [0.5, 0.6) is 0 Å². The van der Waals surface area contributed by atoms with Crippen LogP contribution in [0.1, 0.15) is 23.2 Å². The molecule has 1 aliphatic heterocycles. The first-order valence-corrected chi connectivity index (χ1v) is 7.04. The summed E-state index contributed by atoms with van der Waals surface area (Å²) in [7, 11) is 0. The van der Waals surface area contributed by atoms with Crippen molar-refractivity contribution in [2.75, 3.05) is 23.3 Å². The van der Waals surface area contributed by atoms with E-state index in [0.717, 1.165) is 18.8 Å². The number of carboxylic acids is 1. The van der Waals surface area contributed by atoms with Crippen molar-refractivity contribution in [2.45, 2.75) is 12.8 Å². The first kappa shape index (κ1) is 13.4. The van der Waals surface area contributed by atoms with Crippen LogP contribution >= 0.6 is 0 Å². The van der Waals surface area contributed by atoms with Crippen molar-refractivity contribution in [1.29, 1.82) is 0 Å². The second kappa shape index (κ2) is 5.83. The number of rotatable bonds is 4. The maximum absolute atomic E-state index is 10.8. The Balaban J connectivity index is 1.68. The van der Waals surface area contributed by atoms with Gasteiger partial charge in [0.25, 0.3) is 0 Å². The number of benzene rings is 1. The Morgan fingerprint density at radius 3 is 2.38 bits per heavy atom. The lowest BCUT2D eigenvalue weighted by Gasteiger charge is -2.17. The number of nitrogens with zero attached hydrogens (tertiary/aromatic N) is 2. The highest BCUT2D eigenvalue weighted by Crippen LogP contribution is 2.23. The average Bonchev–Trinajstić information content (AvgIpc) is 3.03. The third-order valence-corrected chi connectivity index (χ3v) is 3.62. The molecule has 0 radical (unpaired) electrons. The molecule has 108 valence electrons. The predicted octanol–water partition coefficient (Wildman–Crippen LogP) is 3.12. The van der Waals surface area contributed by atoms with Gasteiger partial charge in [-0.3, -0.25) is 0 Å². The molecule has 21 heavy (non-hydrogen) atoms. The Bertz CT molecular complexity index is 617. The lowest BCUT2D eigenvalue weighted by Crippen LogP contribution is -2.17. The molecule has 0 amide bonds. The lowest BCUT2D eigenvalue weighted by atomic mass is 10.2. The van der Waals surface area contributed by atoms with Crippen molar-refractivity contribution in [2.24, 2.45) is 0 Å². The third kappa shape index (κ3) is 3.13. The Kier molecular flexibility index (Phi) is 3.73. The summed E-state index contributed by atoms with van der Waals surface area (Å²) >= 11 is 0. The average molecular weight is 283 g/mol. The number of hydrogen-bond acceptors (Lipinski definition) is 4.